The van der Waals surface area contributed by atoms with Crippen molar-refractivity contribution < 1.29 is 4.42 Å². The van der Waals surface area contributed by atoms with E-state index in [1.165, 1.54) is 0 Å². The number of rotatable bonds is 5. The maximum atomic E-state index is 5.87. The van der Waals surface area contributed by atoms with Crippen molar-refractivity contribution in [1.29, 1.82) is 0 Å². The third-order valence-corrected chi connectivity index (χ3v) is 3.64. The van der Waals surface area contributed by atoms with E-state index in [1.807, 2.05) is 38.4 Å². The molecule has 0 aliphatic heterocycles. The van der Waals surface area contributed by atoms with Crippen LogP contribution in [-0.2, 0) is 6.54 Å². The van der Waals surface area contributed by atoms with Gasteiger partial charge in [-0.3, -0.25) is 0 Å². The molecule has 0 aliphatic rings. The predicted molar refractivity (Wildman–Crippen MR) is 92.8 cm³/mol. The summed E-state index contributed by atoms with van der Waals surface area (Å²) in [5.41, 5.74) is 3.00. The Morgan fingerprint density at radius 3 is 2.35 bits per heavy atom. The summed E-state index contributed by atoms with van der Waals surface area (Å²) < 4.78 is 5.66. The van der Waals surface area contributed by atoms with Crippen molar-refractivity contribution >= 4 is 23.0 Å². The maximum absolute atomic E-state index is 5.87. The molecule has 3 aromatic rings. The lowest BCUT2D eigenvalue weighted by Crippen LogP contribution is -2.08. The van der Waals surface area contributed by atoms with Gasteiger partial charge in [-0.05, 0) is 48.5 Å². The molecule has 3 rings (SSSR count). The number of aromatic nitrogens is 2. The summed E-state index contributed by atoms with van der Waals surface area (Å²) in [6, 6.07) is 15.4. The molecule has 6 heteroatoms. The fourth-order valence-electron chi connectivity index (χ4n) is 2.09. The lowest BCUT2D eigenvalue weighted by Gasteiger charge is -2.12. The molecule has 0 spiro atoms. The normalized spacial score (nSPS) is 10.6. The second kappa shape index (κ2) is 6.71. The third-order valence-electron chi connectivity index (χ3n) is 3.39. The van der Waals surface area contributed by atoms with Crippen LogP contribution >= 0.6 is 11.6 Å². The van der Waals surface area contributed by atoms with Crippen molar-refractivity contribution in [2.75, 3.05) is 24.3 Å². The van der Waals surface area contributed by atoms with E-state index in [0.29, 0.717) is 23.3 Å². The molecule has 0 saturated carbocycles. The smallest absolute Gasteiger partial charge is 0.247 e. The van der Waals surface area contributed by atoms with Crippen LogP contribution in [0.1, 0.15) is 5.89 Å². The van der Waals surface area contributed by atoms with Crippen LogP contribution in [0.4, 0.5) is 11.4 Å². The molecule has 0 radical (unpaired) electrons. The van der Waals surface area contributed by atoms with Crippen molar-refractivity contribution in [1.82, 2.24) is 10.2 Å². The van der Waals surface area contributed by atoms with E-state index in [9.17, 15) is 0 Å². The second-order valence-corrected chi connectivity index (χ2v) is 5.74. The van der Waals surface area contributed by atoms with Crippen LogP contribution in [0.25, 0.3) is 11.5 Å². The summed E-state index contributed by atoms with van der Waals surface area (Å²) in [4.78, 5) is 2.06. The fourth-order valence-corrected chi connectivity index (χ4v) is 2.22. The largest absolute Gasteiger partial charge is 0.419 e. The number of hydrogen-bond acceptors (Lipinski definition) is 5. The van der Waals surface area contributed by atoms with Crippen molar-refractivity contribution in [3.8, 4) is 11.5 Å². The first-order valence-electron chi connectivity index (χ1n) is 7.21. The van der Waals surface area contributed by atoms with Crippen LogP contribution in [0.2, 0.25) is 5.02 Å². The number of anilines is 2. The van der Waals surface area contributed by atoms with E-state index in [4.69, 9.17) is 16.0 Å². The molecule has 1 aromatic heterocycles. The van der Waals surface area contributed by atoms with E-state index in [0.717, 1.165) is 16.9 Å². The first kappa shape index (κ1) is 15.4. The Bertz CT molecular complexity index is 766. The van der Waals surface area contributed by atoms with Gasteiger partial charge in [-0.1, -0.05) is 11.6 Å². The first-order valence-corrected chi connectivity index (χ1v) is 7.59. The number of halogens is 1. The van der Waals surface area contributed by atoms with Crippen LogP contribution in [0.3, 0.4) is 0 Å². The first-order chi connectivity index (χ1) is 11.1. The van der Waals surface area contributed by atoms with Gasteiger partial charge in [0.2, 0.25) is 11.8 Å². The summed E-state index contributed by atoms with van der Waals surface area (Å²) in [7, 11) is 4.03. The van der Waals surface area contributed by atoms with Crippen LogP contribution in [0, 0.1) is 0 Å². The van der Waals surface area contributed by atoms with Crippen LogP contribution in [0.5, 0.6) is 0 Å². The minimum Gasteiger partial charge on any atom is -0.419 e. The lowest BCUT2D eigenvalue weighted by atomic mass is 10.2. The highest BCUT2D eigenvalue weighted by molar-refractivity contribution is 6.30. The van der Waals surface area contributed by atoms with E-state index in [2.05, 4.69) is 32.5 Å². The Labute approximate surface area is 139 Å². The van der Waals surface area contributed by atoms with E-state index in [-0.39, 0.29) is 0 Å². The Balaban J connectivity index is 1.64. The monoisotopic (exact) mass is 328 g/mol. The number of nitrogens with zero attached hydrogens (tertiary/aromatic N) is 3. The number of hydrogen-bond donors (Lipinski definition) is 1. The molecule has 0 bridgehead atoms. The van der Waals surface area contributed by atoms with Gasteiger partial charge >= 0.3 is 0 Å². The molecule has 1 N–H and O–H groups in total. The van der Waals surface area contributed by atoms with E-state index >= 15 is 0 Å². The van der Waals surface area contributed by atoms with Crippen molar-refractivity contribution in [2.45, 2.75) is 6.54 Å². The van der Waals surface area contributed by atoms with Gasteiger partial charge in [-0.2, -0.15) is 0 Å². The molecule has 23 heavy (non-hydrogen) atoms. The Morgan fingerprint density at radius 2 is 1.70 bits per heavy atom. The second-order valence-electron chi connectivity index (χ2n) is 5.30. The van der Waals surface area contributed by atoms with Crippen molar-refractivity contribution in [3.63, 3.8) is 0 Å². The van der Waals surface area contributed by atoms with Crippen LogP contribution < -0.4 is 10.2 Å². The molecule has 1 heterocycles. The third kappa shape index (κ3) is 3.81. The number of benzene rings is 2. The van der Waals surface area contributed by atoms with Crippen LogP contribution in [-0.4, -0.2) is 24.3 Å². The van der Waals surface area contributed by atoms with Gasteiger partial charge < -0.3 is 14.6 Å². The van der Waals surface area contributed by atoms with Crippen molar-refractivity contribution in [3.05, 3.63) is 59.4 Å². The van der Waals surface area contributed by atoms with Gasteiger partial charge in [0.05, 0.1) is 6.54 Å². The van der Waals surface area contributed by atoms with Gasteiger partial charge in [0.25, 0.3) is 0 Å². The van der Waals surface area contributed by atoms with Gasteiger partial charge in [0.1, 0.15) is 0 Å². The summed E-state index contributed by atoms with van der Waals surface area (Å²) in [6.07, 6.45) is 0. The van der Waals surface area contributed by atoms with Gasteiger partial charge in [-0.25, -0.2) is 0 Å². The van der Waals surface area contributed by atoms with Crippen LogP contribution in [0.15, 0.2) is 52.9 Å². The summed E-state index contributed by atoms with van der Waals surface area (Å²) >= 11 is 5.87. The summed E-state index contributed by atoms with van der Waals surface area (Å²) in [5, 5.41) is 12.1. The van der Waals surface area contributed by atoms with Gasteiger partial charge in [-0.15, -0.1) is 10.2 Å². The highest BCUT2D eigenvalue weighted by atomic mass is 35.5. The van der Waals surface area contributed by atoms with Crippen molar-refractivity contribution in [2.24, 2.45) is 0 Å². The van der Waals surface area contributed by atoms with E-state index < -0.39 is 0 Å². The molecule has 0 saturated heterocycles. The average Bonchev–Trinajstić information content (AvgIpc) is 3.03. The Hall–Kier alpha value is -2.53. The van der Waals surface area contributed by atoms with Gasteiger partial charge in [0, 0.05) is 36.1 Å². The fraction of sp³-hybridized carbons (Fsp3) is 0.176. The predicted octanol–water partition coefficient (Wildman–Crippen LogP) is 4.07. The lowest BCUT2D eigenvalue weighted by molar-refractivity contribution is 0.515. The Kier molecular flexibility index (Phi) is 4.48. The zero-order valence-electron chi connectivity index (χ0n) is 13.0. The zero-order valence-corrected chi connectivity index (χ0v) is 13.7. The molecule has 0 amide bonds. The molecule has 0 atom stereocenters. The molecular formula is C17H17ClN4O. The topological polar surface area (TPSA) is 54.2 Å². The number of nitrogens with one attached hydrogen (secondary N) is 1. The molecule has 118 valence electrons. The quantitative estimate of drug-likeness (QED) is 0.765. The minimum absolute atomic E-state index is 0.474. The minimum atomic E-state index is 0.474. The molecular weight excluding hydrogens is 312 g/mol. The summed E-state index contributed by atoms with van der Waals surface area (Å²) in [5.74, 6) is 1.02. The Morgan fingerprint density at radius 1 is 1.00 bits per heavy atom. The maximum Gasteiger partial charge on any atom is 0.247 e. The molecule has 5 nitrogen and oxygen atoms in total. The molecule has 2 aromatic carbocycles. The highest BCUT2D eigenvalue weighted by Crippen LogP contribution is 2.21. The molecule has 0 aliphatic carbocycles. The zero-order chi connectivity index (χ0) is 16.2. The molecule has 0 unspecified atom stereocenters. The van der Waals surface area contributed by atoms with Gasteiger partial charge in [0.15, 0.2) is 0 Å². The molecule has 0 fully saturated rings. The summed E-state index contributed by atoms with van der Waals surface area (Å²) in [6.45, 7) is 0.474. The highest BCUT2D eigenvalue weighted by Gasteiger charge is 2.08. The average molecular weight is 329 g/mol. The van der Waals surface area contributed by atoms with E-state index in [1.54, 1.807) is 12.1 Å². The standard InChI is InChI=1S/C17H17ClN4O/c1-22(2)15-9-7-14(8-10-15)19-11-16-20-21-17(23-16)12-3-5-13(18)6-4-12/h3-10,19H,11H2,1-2H3. The SMILES string of the molecule is CN(C)c1ccc(NCc2nnc(-c3ccc(Cl)cc3)o2)cc1.